The topological polar surface area (TPSA) is 55.2 Å². The molecule has 2 rings (SSSR count). The highest BCUT2D eigenvalue weighted by molar-refractivity contribution is 5.38. The van der Waals surface area contributed by atoms with Crippen LogP contribution in [0.15, 0.2) is 36.5 Å². The zero-order valence-electron chi connectivity index (χ0n) is 11.2. The van der Waals surface area contributed by atoms with Gasteiger partial charge in [0.05, 0.1) is 12.3 Å². The van der Waals surface area contributed by atoms with Crippen molar-refractivity contribution in [3.8, 4) is 5.75 Å². The lowest BCUT2D eigenvalue weighted by Gasteiger charge is -2.15. The Bertz CT molecular complexity index is 543. The molecule has 0 spiro atoms. The minimum atomic E-state index is -0.797. The SMILES string of the molecule is CCCOc1ccccc1C(O)c1ccnc(C)n1. The van der Waals surface area contributed by atoms with Crippen molar-refractivity contribution in [2.45, 2.75) is 26.4 Å². The molecule has 4 heteroatoms. The van der Waals surface area contributed by atoms with Crippen LogP contribution in [0, 0.1) is 6.92 Å². The Morgan fingerprint density at radius 2 is 2.05 bits per heavy atom. The van der Waals surface area contributed by atoms with Gasteiger partial charge in [0.15, 0.2) is 0 Å². The summed E-state index contributed by atoms with van der Waals surface area (Å²) in [6.07, 6.45) is 1.78. The summed E-state index contributed by atoms with van der Waals surface area (Å²) < 4.78 is 5.66. The van der Waals surface area contributed by atoms with Crippen molar-refractivity contribution in [3.63, 3.8) is 0 Å². The van der Waals surface area contributed by atoms with Crippen LogP contribution in [0.2, 0.25) is 0 Å². The van der Waals surface area contributed by atoms with E-state index in [0.29, 0.717) is 23.9 Å². The van der Waals surface area contributed by atoms with E-state index < -0.39 is 6.10 Å². The largest absolute Gasteiger partial charge is 0.493 e. The van der Waals surface area contributed by atoms with Gasteiger partial charge in [0.25, 0.3) is 0 Å². The molecule has 1 aromatic heterocycles. The van der Waals surface area contributed by atoms with E-state index in [1.165, 1.54) is 0 Å². The normalized spacial score (nSPS) is 12.2. The third-order valence-electron chi connectivity index (χ3n) is 2.75. The number of hydrogen-bond acceptors (Lipinski definition) is 4. The lowest BCUT2D eigenvalue weighted by atomic mass is 10.1. The van der Waals surface area contributed by atoms with Gasteiger partial charge in [0, 0.05) is 11.8 Å². The average molecular weight is 258 g/mol. The number of ether oxygens (including phenoxy) is 1. The third kappa shape index (κ3) is 3.29. The zero-order chi connectivity index (χ0) is 13.7. The fourth-order valence-electron chi connectivity index (χ4n) is 1.84. The van der Waals surface area contributed by atoms with Crippen LogP contribution in [0.1, 0.15) is 36.5 Å². The van der Waals surface area contributed by atoms with Gasteiger partial charge in [-0.1, -0.05) is 25.1 Å². The number of hydrogen-bond donors (Lipinski definition) is 1. The Labute approximate surface area is 113 Å². The molecular formula is C15H18N2O2. The maximum Gasteiger partial charge on any atom is 0.125 e. The number of aryl methyl sites for hydroxylation is 1. The Balaban J connectivity index is 2.30. The van der Waals surface area contributed by atoms with Gasteiger partial charge in [-0.05, 0) is 25.5 Å². The average Bonchev–Trinajstić information content (AvgIpc) is 2.44. The molecule has 0 amide bonds. The molecule has 19 heavy (non-hydrogen) atoms. The summed E-state index contributed by atoms with van der Waals surface area (Å²) in [7, 11) is 0. The first-order valence-corrected chi connectivity index (χ1v) is 6.41. The molecule has 0 saturated carbocycles. The fraction of sp³-hybridized carbons (Fsp3) is 0.333. The quantitative estimate of drug-likeness (QED) is 0.895. The molecule has 0 saturated heterocycles. The van der Waals surface area contributed by atoms with Gasteiger partial charge in [-0.25, -0.2) is 9.97 Å². The summed E-state index contributed by atoms with van der Waals surface area (Å²) in [4.78, 5) is 8.29. The van der Waals surface area contributed by atoms with E-state index in [2.05, 4.69) is 9.97 Å². The molecule has 1 atom stereocenters. The number of aromatic nitrogens is 2. The molecule has 2 aromatic rings. The number of rotatable bonds is 5. The van der Waals surface area contributed by atoms with Gasteiger partial charge < -0.3 is 9.84 Å². The Kier molecular flexibility index (Phi) is 4.47. The van der Waals surface area contributed by atoms with Crippen LogP contribution >= 0.6 is 0 Å². The number of nitrogens with zero attached hydrogens (tertiary/aromatic N) is 2. The Morgan fingerprint density at radius 3 is 2.79 bits per heavy atom. The van der Waals surface area contributed by atoms with E-state index >= 15 is 0 Å². The Morgan fingerprint density at radius 1 is 1.26 bits per heavy atom. The Hall–Kier alpha value is -1.94. The van der Waals surface area contributed by atoms with Gasteiger partial charge in [-0.2, -0.15) is 0 Å². The second-order valence-electron chi connectivity index (χ2n) is 4.32. The monoisotopic (exact) mass is 258 g/mol. The van der Waals surface area contributed by atoms with Crippen LogP contribution in [0.3, 0.4) is 0 Å². The van der Waals surface area contributed by atoms with Gasteiger partial charge in [0.1, 0.15) is 17.7 Å². The number of aliphatic hydroxyl groups excluding tert-OH is 1. The smallest absolute Gasteiger partial charge is 0.125 e. The molecule has 0 radical (unpaired) electrons. The van der Waals surface area contributed by atoms with E-state index in [-0.39, 0.29) is 0 Å². The van der Waals surface area contributed by atoms with Crippen molar-refractivity contribution in [1.29, 1.82) is 0 Å². The summed E-state index contributed by atoms with van der Waals surface area (Å²) in [5.41, 5.74) is 1.31. The van der Waals surface area contributed by atoms with Gasteiger partial charge in [-0.15, -0.1) is 0 Å². The van der Waals surface area contributed by atoms with Crippen molar-refractivity contribution in [2.24, 2.45) is 0 Å². The first-order valence-electron chi connectivity index (χ1n) is 6.41. The molecule has 0 aliphatic rings. The molecule has 1 N–H and O–H groups in total. The highest BCUT2D eigenvalue weighted by Gasteiger charge is 2.16. The van der Waals surface area contributed by atoms with Crippen LogP contribution < -0.4 is 4.74 Å². The molecule has 1 unspecified atom stereocenters. The summed E-state index contributed by atoms with van der Waals surface area (Å²) >= 11 is 0. The molecule has 0 fully saturated rings. The van der Waals surface area contributed by atoms with E-state index in [1.54, 1.807) is 19.2 Å². The van der Waals surface area contributed by atoms with Crippen LogP contribution in [0.5, 0.6) is 5.75 Å². The van der Waals surface area contributed by atoms with Crippen molar-refractivity contribution in [2.75, 3.05) is 6.61 Å². The highest BCUT2D eigenvalue weighted by Crippen LogP contribution is 2.28. The lowest BCUT2D eigenvalue weighted by molar-refractivity contribution is 0.205. The van der Waals surface area contributed by atoms with Crippen LogP contribution in [0.4, 0.5) is 0 Å². The van der Waals surface area contributed by atoms with Crippen LogP contribution in [0.25, 0.3) is 0 Å². The molecule has 0 aliphatic carbocycles. The number of para-hydroxylation sites is 1. The number of aliphatic hydroxyl groups is 1. The zero-order valence-corrected chi connectivity index (χ0v) is 11.2. The molecule has 0 aliphatic heterocycles. The molecule has 1 aromatic carbocycles. The van der Waals surface area contributed by atoms with Crippen molar-refractivity contribution >= 4 is 0 Å². The lowest BCUT2D eigenvalue weighted by Crippen LogP contribution is -2.07. The highest BCUT2D eigenvalue weighted by atomic mass is 16.5. The van der Waals surface area contributed by atoms with Crippen LogP contribution in [-0.4, -0.2) is 21.7 Å². The maximum atomic E-state index is 10.4. The first-order chi connectivity index (χ1) is 9.22. The summed E-state index contributed by atoms with van der Waals surface area (Å²) in [5.74, 6) is 1.34. The van der Waals surface area contributed by atoms with E-state index in [4.69, 9.17) is 4.74 Å². The van der Waals surface area contributed by atoms with Gasteiger partial charge >= 0.3 is 0 Å². The number of benzene rings is 1. The second-order valence-corrected chi connectivity index (χ2v) is 4.32. The minimum absolute atomic E-state index is 0.583. The van der Waals surface area contributed by atoms with E-state index in [1.807, 2.05) is 31.2 Å². The minimum Gasteiger partial charge on any atom is -0.493 e. The van der Waals surface area contributed by atoms with Gasteiger partial charge in [-0.3, -0.25) is 0 Å². The molecule has 4 nitrogen and oxygen atoms in total. The van der Waals surface area contributed by atoms with Gasteiger partial charge in [0.2, 0.25) is 0 Å². The molecular weight excluding hydrogens is 240 g/mol. The summed E-state index contributed by atoms with van der Waals surface area (Å²) in [6, 6.07) is 9.21. The first kappa shape index (κ1) is 13.5. The predicted molar refractivity (Wildman–Crippen MR) is 73.1 cm³/mol. The molecule has 1 heterocycles. The summed E-state index contributed by atoms with van der Waals surface area (Å²) in [5, 5.41) is 10.4. The van der Waals surface area contributed by atoms with Crippen molar-refractivity contribution in [1.82, 2.24) is 9.97 Å². The van der Waals surface area contributed by atoms with Crippen molar-refractivity contribution in [3.05, 3.63) is 53.6 Å². The molecule has 0 bridgehead atoms. The predicted octanol–water partition coefficient (Wildman–Crippen LogP) is 2.66. The maximum absolute atomic E-state index is 10.4. The summed E-state index contributed by atoms with van der Waals surface area (Å²) in [6.45, 7) is 4.48. The van der Waals surface area contributed by atoms with E-state index in [9.17, 15) is 5.11 Å². The second kappa shape index (κ2) is 6.29. The fourth-order valence-corrected chi connectivity index (χ4v) is 1.84. The van der Waals surface area contributed by atoms with Crippen LogP contribution in [-0.2, 0) is 0 Å². The molecule has 100 valence electrons. The van der Waals surface area contributed by atoms with Crippen molar-refractivity contribution < 1.29 is 9.84 Å². The standard InChI is InChI=1S/C15H18N2O2/c1-3-10-19-14-7-5-4-6-12(14)15(18)13-8-9-16-11(2)17-13/h4-9,15,18H,3,10H2,1-2H3. The van der Waals surface area contributed by atoms with E-state index in [0.717, 1.165) is 12.0 Å². The third-order valence-corrected chi connectivity index (χ3v) is 2.75.